The van der Waals surface area contributed by atoms with Crippen LogP contribution in [0.15, 0.2) is 18.3 Å². The molecule has 1 aromatic heterocycles. The normalized spacial score (nSPS) is 9.83. The molecule has 0 saturated heterocycles. The molecule has 1 aromatic rings. The van der Waals surface area contributed by atoms with E-state index in [0.717, 1.165) is 18.4 Å². The highest BCUT2D eigenvalue weighted by atomic mass is 16.4. The lowest BCUT2D eigenvalue weighted by Crippen LogP contribution is -2.35. The van der Waals surface area contributed by atoms with Crippen LogP contribution in [0.4, 0.5) is 4.79 Å². The van der Waals surface area contributed by atoms with E-state index in [1.807, 2.05) is 0 Å². The average Bonchev–Trinajstić information content (AvgIpc) is 2.37. The zero-order valence-corrected chi connectivity index (χ0v) is 10.3. The summed E-state index contributed by atoms with van der Waals surface area (Å²) >= 11 is 0. The predicted octanol–water partition coefficient (Wildman–Crippen LogP) is 1.38. The van der Waals surface area contributed by atoms with Gasteiger partial charge in [-0.05, 0) is 18.1 Å². The standard InChI is InChI=1S/C12H17N3O3/c1-2-3-6-13-12(18)15-8-9-4-5-10(11(16)17)14-7-9/h4-5,7H,2-3,6,8H2,1H3,(H,16,17)(H2,13,15,18). The lowest BCUT2D eigenvalue weighted by atomic mass is 10.2. The quantitative estimate of drug-likeness (QED) is 0.666. The Bertz CT molecular complexity index is 404. The summed E-state index contributed by atoms with van der Waals surface area (Å²) in [4.78, 5) is 25.7. The minimum atomic E-state index is -1.06. The lowest BCUT2D eigenvalue weighted by Gasteiger charge is -2.06. The van der Waals surface area contributed by atoms with Crippen molar-refractivity contribution in [3.8, 4) is 0 Å². The molecule has 3 N–H and O–H groups in total. The number of hydrogen-bond donors (Lipinski definition) is 3. The van der Waals surface area contributed by atoms with E-state index in [9.17, 15) is 9.59 Å². The van der Waals surface area contributed by atoms with Gasteiger partial charge in [0, 0.05) is 19.3 Å². The minimum Gasteiger partial charge on any atom is -0.477 e. The van der Waals surface area contributed by atoms with Crippen molar-refractivity contribution in [1.82, 2.24) is 15.6 Å². The number of nitrogens with one attached hydrogen (secondary N) is 2. The van der Waals surface area contributed by atoms with E-state index in [4.69, 9.17) is 5.11 Å². The molecule has 6 heteroatoms. The number of hydrogen-bond acceptors (Lipinski definition) is 3. The molecule has 0 fully saturated rings. The molecule has 6 nitrogen and oxygen atoms in total. The number of urea groups is 1. The van der Waals surface area contributed by atoms with Crippen LogP contribution in [-0.2, 0) is 6.54 Å². The number of rotatable bonds is 6. The van der Waals surface area contributed by atoms with Gasteiger partial charge >= 0.3 is 12.0 Å². The van der Waals surface area contributed by atoms with Crippen molar-refractivity contribution in [3.05, 3.63) is 29.6 Å². The van der Waals surface area contributed by atoms with Gasteiger partial charge in [0.05, 0.1) is 0 Å². The maximum Gasteiger partial charge on any atom is 0.354 e. The third-order valence-electron chi connectivity index (χ3n) is 2.31. The van der Waals surface area contributed by atoms with Crippen molar-refractivity contribution in [2.24, 2.45) is 0 Å². The van der Waals surface area contributed by atoms with Crippen molar-refractivity contribution >= 4 is 12.0 Å². The molecule has 0 spiro atoms. The highest BCUT2D eigenvalue weighted by Crippen LogP contribution is 1.99. The zero-order valence-electron chi connectivity index (χ0n) is 10.3. The van der Waals surface area contributed by atoms with E-state index >= 15 is 0 Å². The molecule has 0 aliphatic rings. The second kappa shape index (κ2) is 7.26. The van der Waals surface area contributed by atoms with Crippen LogP contribution in [0, 0.1) is 0 Å². The highest BCUT2D eigenvalue weighted by Gasteiger charge is 2.04. The van der Waals surface area contributed by atoms with E-state index in [-0.39, 0.29) is 11.7 Å². The van der Waals surface area contributed by atoms with Gasteiger partial charge in [-0.15, -0.1) is 0 Å². The number of carbonyl (C=O) groups excluding carboxylic acids is 1. The number of unbranched alkanes of at least 4 members (excludes halogenated alkanes) is 1. The Balaban J connectivity index is 2.34. The van der Waals surface area contributed by atoms with Gasteiger partial charge in [-0.25, -0.2) is 14.6 Å². The minimum absolute atomic E-state index is 0.00820. The molecular weight excluding hydrogens is 234 g/mol. The molecule has 0 aliphatic carbocycles. The first-order valence-electron chi connectivity index (χ1n) is 5.83. The molecule has 0 aromatic carbocycles. The van der Waals surface area contributed by atoms with E-state index in [1.165, 1.54) is 12.3 Å². The Morgan fingerprint density at radius 1 is 1.33 bits per heavy atom. The molecule has 1 heterocycles. The SMILES string of the molecule is CCCCNC(=O)NCc1ccc(C(=O)O)nc1. The first kappa shape index (κ1) is 14.0. The Morgan fingerprint density at radius 3 is 2.67 bits per heavy atom. The van der Waals surface area contributed by atoms with Crippen molar-refractivity contribution in [3.63, 3.8) is 0 Å². The number of pyridine rings is 1. The van der Waals surface area contributed by atoms with Crippen LogP contribution in [0.5, 0.6) is 0 Å². The van der Waals surface area contributed by atoms with E-state index in [0.29, 0.717) is 13.1 Å². The molecule has 0 radical (unpaired) electrons. The van der Waals surface area contributed by atoms with Gasteiger partial charge in [-0.2, -0.15) is 0 Å². The Morgan fingerprint density at radius 2 is 2.11 bits per heavy atom. The summed E-state index contributed by atoms with van der Waals surface area (Å²) in [6, 6.07) is 2.81. The third kappa shape index (κ3) is 4.82. The van der Waals surface area contributed by atoms with Crippen LogP contribution in [-0.4, -0.2) is 28.6 Å². The summed E-state index contributed by atoms with van der Waals surface area (Å²) in [7, 11) is 0. The highest BCUT2D eigenvalue weighted by molar-refractivity contribution is 5.85. The van der Waals surface area contributed by atoms with Gasteiger partial charge < -0.3 is 15.7 Å². The third-order valence-corrected chi connectivity index (χ3v) is 2.31. The van der Waals surface area contributed by atoms with Crippen LogP contribution in [0.25, 0.3) is 0 Å². The molecule has 0 bridgehead atoms. The summed E-state index contributed by atoms with van der Waals surface area (Å²) < 4.78 is 0. The van der Waals surface area contributed by atoms with Gasteiger partial charge in [-0.3, -0.25) is 0 Å². The summed E-state index contributed by atoms with van der Waals surface area (Å²) in [5.41, 5.74) is 0.747. The van der Waals surface area contributed by atoms with Gasteiger partial charge in [-0.1, -0.05) is 19.4 Å². The van der Waals surface area contributed by atoms with Crippen LogP contribution in [0.1, 0.15) is 35.8 Å². The number of aromatic nitrogens is 1. The maximum atomic E-state index is 11.3. The number of carboxylic acids is 1. The van der Waals surface area contributed by atoms with Crippen molar-refractivity contribution in [2.45, 2.75) is 26.3 Å². The lowest BCUT2D eigenvalue weighted by molar-refractivity contribution is 0.0690. The molecule has 1 rings (SSSR count). The number of aromatic carboxylic acids is 1. The monoisotopic (exact) mass is 251 g/mol. The van der Waals surface area contributed by atoms with E-state index in [2.05, 4.69) is 22.5 Å². The van der Waals surface area contributed by atoms with Crippen molar-refractivity contribution in [2.75, 3.05) is 6.54 Å². The first-order chi connectivity index (χ1) is 8.63. The summed E-state index contributed by atoms with van der Waals surface area (Å²) in [6.45, 7) is 3.03. The van der Waals surface area contributed by atoms with E-state index in [1.54, 1.807) is 6.07 Å². The Kier molecular flexibility index (Phi) is 5.63. The Hall–Kier alpha value is -2.11. The van der Waals surface area contributed by atoms with Crippen LogP contribution in [0.3, 0.4) is 0 Å². The van der Waals surface area contributed by atoms with E-state index < -0.39 is 5.97 Å². The van der Waals surface area contributed by atoms with Crippen molar-refractivity contribution < 1.29 is 14.7 Å². The van der Waals surface area contributed by atoms with Crippen LogP contribution in [0.2, 0.25) is 0 Å². The smallest absolute Gasteiger partial charge is 0.354 e. The zero-order chi connectivity index (χ0) is 13.4. The van der Waals surface area contributed by atoms with Gasteiger partial charge in [0.15, 0.2) is 0 Å². The molecule has 2 amide bonds. The number of carboxylic acid groups (broad SMARTS) is 1. The summed E-state index contributed by atoms with van der Waals surface area (Å²) in [5, 5.41) is 14.1. The van der Waals surface area contributed by atoms with Gasteiger partial charge in [0.25, 0.3) is 0 Å². The van der Waals surface area contributed by atoms with Crippen molar-refractivity contribution in [1.29, 1.82) is 0 Å². The molecule has 0 unspecified atom stereocenters. The number of nitrogens with zero attached hydrogens (tertiary/aromatic N) is 1. The Labute approximate surface area is 105 Å². The molecule has 18 heavy (non-hydrogen) atoms. The van der Waals surface area contributed by atoms with Crippen LogP contribution < -0.4 is 10.6 Å². The van der Waals surface area contributed by atoms with Crippen LogP contribution >= 0.6 is 0 Å². The fraction of sp³-hybridized carbons (Fsp3) is 0.417. The molecule has 98 valence electrons. The fourth-order valence-electron chi connectivity index (χ4n) is 1.28. The second-order valence-corrected chi connectivity index (χ2v) is 3.82. The average molecular weight is 251 g/mol. The molecule has 0 atom stereocenters. The maximum absolute atomic E-state index is 11.3. The molecule has 0 saturated carbocycles. The molecular formula is C12H17N3O3. The topological polar surface area (TPSA) is 91.3 Å². The van der Waals surface area contributed by atoms with Gasteiger partial charge in [0.2, 0.25) is 0 Å². The van der Waals surface area contributed by atoms with Gasteiger partial charge in [0.1, 0.15) is 5.69 Å². The second-order valence-electron chi connectivity index (χ2n) is 3.82. The number of amides is 2. The predicted molar refractivity (Wildman–Crippen MR) is 66.3 cm³/mol. The number of carbonyl (C=O) groups is 2. The summed E-state index contributed by atoms with van der Waals surface area (Å²) in [6.07, 6.45) is 3.42. The first-order valence-corrected chi connectivity index (χ1v) is 5.83. The largest absolute Gasteiger partial charge is 0.477 e. The summed E-state index contributed by atoms with van der Waals surface area (Å²) in [5.74, 6) is -1.06. The molecule has 0 aliphatic heterocycles. The fourth-order valence-corrected chi connectivity index (χ4v) is 1.28.